The molecule has 0 aliphatic rings. The van der Waals surface area contributed by atoms with Crippen molar-refractivity contribution in [3.8, 4) is 28.4 Å². The van der Waals surface area contributed by atoms with Gasteiger partial charge < -0.3 is 14.8 Å². The van der Waals surface area contributed by atoms with E-state index in [-0.39, 0.29) is 5.91 Å². The largest absolute Gasteiger partial charge is 0.493 e. The molecule has 0 radical (unpaired) electrons. The molecule has 32 heavy (non-hydrogen) atoms. The van der Waals surface area contributed by atoms with Gasteiger partial charge in [0.15, 0.2) is 11.5 Å². The summed E-state index contributed by atoms with van der Waals surface area (Å²) in [5, 5.41) is 7.79. The predicted molar refractivity (Wildman–Crippen MR) is 127 cm³/mol. The number of hydrogen-bond acceptors (Lipinski definition) is 5. The number of hydrogen-bond donors (Lipinski definition) is 1. The van der Waals surface area contributed by atoms with Crippen molar-refractivity contribution in [2.45, 2.75) is 26.8 Å². The van der Waals surface area contributed by atoms with Crippen molar-refractivity contribution in [1.82, 2.24) is 20.0 Å². The van der Waals surface area contributed by atoms with Gasteiger partial charge >= 0.3 is 0 Å². The van der Waals surface area contributed by atoms with Gasteiger partial charge in [-0.3, -0.25) is 9.69 Å². The summed E-state index contributed by atoms with van der Waals surface area (Å²) in [6, 6.07) is 15.7. The molecular formula is C25H32N4O3. The first-order chi connectivity index (χ1) is 15.5. The number of benzene rings is 2. The Balaban J connectivity index is 1.94. The maximum Gasteiger partial charge on any atom is 0.255 e. The Morgan fingerprint density at radius 2 is 1.81 bits per heavy atom. The van der Waals surface area contributed by atoms with Gasteiger partial charge in [0.25, 0.3) is 5.91 Å². The van der Waals surface area contributed by atoms with E-state index < -0.39 is 0 Å². The standard InChI is InChI=1S/C25H32N4O3/c1-6-28(18(2)3)15-14-26-25(30)21-17-29(20-10-8-7-9-11-20)27-24(21)19-12-13-22(31-4)23(16-19)32-5/h7-13,16-18H,6,14-15H2,1-5H3,(H,26,30). The van der Waals surface area contributed by atoms with Crippen LogP contribution in [0.15, 0.2) is 54.7 Å². The van der Waals surface area contributed by atoms with E-state index in [4.69, 9.17) is 14.6 Å². The summed E-state index contributed by atoms with van der Waals surface area (Å²) < 4.78 is 12.5. The molecule has 2 aromatic carbocycles. The monoisotopic (exact) mass is 436 g/mol. The number of methoxy groups -OCH3 is 2. The zero-order valence-corrected chi connectivity index (χ0v) is 19.5. The second-order valence-corrected chi connectivity index (χ2v) is 7.72. The van der Waals surface area contributed by atoms with Gasteiger partial charge in [-0.2, -0.15) is 5.10 Å². The molecule has 0 unspecified atom stereocenters. The summed E-state index contributed by atoms with van der Waals surface area (Å²) in [5.41, 5.74) is 2.75. The van der Waals surface area contributed by atoms with E-state index in [2.05, 4.69) is 31.0 Å². The first-order valence-corrected chi connectivity index (χ1v) is 10.9. The van der Waals surface area contributed by atoms with Crippen molar-refractivity contribution in [2.24, 2.45) is 0 Å². The third kappa shape index (κ3) is 5.29. The number of likely N-dealkylation sites (N-methyl/N-ethyl adjacent to an activating group) is 1. The molecule has 7 heteroatoms. The second-order valence-electron chi connectivity index (χ2n) is 7.72. The third-order valence-corrected chi connectivity index (χ3v) is 5.46. The van der Waals surface area contributed by atoms with Gasteiger partial charge in [0, 0.05) is 30.9 Å². The summed E-state index contributed by atoms with van der Waals surface area (Å²) >= 11 is 0. The maximum atomic E-state index is 13.2. The number of aromatic nitrogens is 2. The number of para-hydroxylation sites is 1. The minimum Gasteiger partial charge on any atom is -0.493 e. The fourth-order valence-corrected chi connectivity index (χ4v) is 3.64. The maximum absolute atomic E-state index is 13.2. The lowest BCUT2D eigenvalue weighted by Crippen LogP contribution is -2.38. The lowest BCUT2D eigenvalue weighted by atomic mass is 10.1. The molecule has 1 N–H and O–H groups in total. The third-order valence-electron chi connectivity index (χ3n) is 5.46. The van der Waals surface area contributed by atoms with Crippen molar-refractivity contribution in [3.63, 3.8) is 0 Å². The molecule has 0 spiro atoms. The number of ether oxygens (including phenoxy) is 2. The highest BCUT2D eigenvalue weighted by atomic mass is 16.5. The van der Waals surface area contributed by atoms with Crippen LogP contribution in [0.25, 0.3) is 16.9 Å². The fourth-order valence-electron chi connectivity index (χ4n) is 3.64. The van der Waals surface area contributed by atoms with E-state index in [1.165, 1.54) is 0 Å². The second kappa shape index (κ2) is 10.8. The summed E-state index contributed by atoms with van der Waals surface area (Å²) in [6.45, 7) is 8.73. The number of rotatable bonds is 10. The molecule has 0 fully saturated rings. The molecule has 170 valence electrons. The lowest BCUT2D eigenvalue weighted by Gasteiger charge is -2.24. The fraction of sp³-hybridized carbons (Fsp3) is 0.360. The van der Waals surface area contributed by atoms with Crippen molar-refractivity contribution in [3.05, 3.63) is 60.3 Å². The molecule has 3 aromatic rings. The van der Waals surface area contributed by atoms with Crippen LogP contribution in [0.4, 0.5) is 0 Å². The Morgan fingerprint density at radius 1 is 1.09 bits per heavy atom. The minimum absolute atomic E-state index is 0.156. The van der Waals surface area contributed by atoms with Crippen LogP contribution in [0.3, 0.4) is 0 Å². The average Bonchev–Trinajstić information content (AvgIpc) is 3.27. The highest BCUT2D eigenvalue weighted by Crippen LogP contribution is 2.33. The zero-order valence-electron chi connectivity index (χ0n) is 19.5. The molecule has 0 aliphatic carbocycles. The van der Waals surface area contributed by atoms with E-state index in [1.807, 2.05) is 48.5 Å². The highest BCUT2D eigenvalue weighted by molar-refractivity contribution is 6.00. The van der Waals surface area contributed by atoms with Gasteiger partial charge in [0.2, 0.25) is 0 Å². The predicted octanol–water partition coefficient (Wildman–Crippen LogP) is 4.02. The van der Waals surface area contributed by atoms with Crippen LogP contribution in [0, 0.1) is 0 Å². The quantitative estimate of drug-likeness (QED) is 0.520. The van der Waals surface area contributed by atoms with E-state index >= 15 is 0 Å². The smallest absolute Gasteiger partial charge is 0.255 e. The number of nitrogens with zero attached hydrogens (tertiary/aromatic N) is 3. The summed E-state index contributed by atoms with van der Waals surface area (Å²) in [5.74, 6) is 1.05. The van der Waals surface area contributed by atoms with Crippen LogP contribution in [0.5, 0.6) is 11.5 Å². The van der Waals surface area contributed by atoms with Crippen LogP contribution in [0.1, 0.15) is 31.1 Å². The van der Waals surface area contributed by atoms with Crippen LogP contribution >= 0.6 is 0 Å². The molecule has 0 atom stereocenters. The molecule has 1 aromatic heterocycles. The van der Waals surface area contributed by atoms with Crippen molar-refractivity contribution >= 4 is 5.91 Å². The van der Waals surface area contributed by atoms with Crippen LogP contribution in [-0.2, 0) is 0 Å². The van der Waals surface area contributed by atoms with E-state index in [1.54, 1.807) is 25.1 Å². The van der Waals surface area contributed by atoms with E-state index in [9.17, 15) is 4.79 Å². The minimum atomic E-state index is -0.156. The number of amides is 1. The Kier molecular flexibility index (Phi) is 7.89. The summed E-state index contributed by atoms with van der Waals surface area (Å²) in [7, 11) is 3.18. The molecule has 0 bridgehead atoms. The topological polar surface area (TPSA) is 68.6 Å². The molecule has 0 saturated heterocycles. The number of carbonyl (C=O) groups is 1. The van der Waals surface area contributed by atoms with E-state index in [0.29, 0.717) is 35.3 Å². The number of carbonyl (C=O) groups excluding carboxylic acids is 1. The normalized spacial score (nSPS) is 11.1. The average molecular weight is 437 g/mol. The van der Waals surface area contributed by atoms with Crippen LogP contribution in [-0.4, -0.2) is 60.5 Å². The van der Waals surface area contributed by atoms with Gasteiger partial charge in [0.05, 0.1) is 25.5 Å². The molecule has 1 amide bonds. The van der Waals surface area contributed by atoms with Crippen molar-refractivity contribution in [1.29, 1.82) is 0 Å². The van der Waals surface area contributed by atoms with Gasteiger partial charge in [0.1, 0.15) is 5.69 Å². The summed E-state index contributed by atoms with van der Waals surface area (Å²) in [4.78, 5) is 15.5. The van der Waals surface area contributed by atoms with Gasteiger partial charge in [-0.15, -0.1) is 0 Å². The Labute approximate surface area is 190 Å². The summed E-state index contributed by atoms with van der Waals surface area (Å²) in [6.07, 6.45) is 1.77. The van der Waals surface area contributed by atoms with Gasteiger partial charge in [-0.25, -0.2) is 4.68 Å². The zero-order chi connectivity index (χ0) is 23.1. The first-order valence-electron chi connectivity index (χ1n) is 10.9. The lowest BCUT2D eigenvalue weighted by molar-refractivity contribution is 0.0946. The van der Waals surface area contributed by atoms with Gasteiger partial charge in [-0.05, 0) is 50.7 Å². The SMILES string of the molecule is CCN(CCNC(=O)c1cn(-c2ccccc2)nc1-c1ccc(OC)c(OC)c1)C(C)C. The highest BCUT2D eigenvalue weighted by Gasteiger charge is 2.20. The molecular weight excluding hydrogens is 404 g/mol. The molecule has 0 aliphatic heterocycles. The molecule has 3 rings (SSSR count). The Hall–Kier alpha value is -3.32. The molecule has 0 saturated carbocycles. The van der Waals surface area contributed by atoms with E-state index in [0.717, 1.165) is 24.3 Å². The van der Waals surface area contributed by atoms with Crippen LogP contribution < -0.4 is 14.8 Å². The number of nitrogens with one attached hydrogen (secondary N) is 1. The molecule has 1 heterocycles. The van der Waals surface area contributed by atoms with Crippen molar-refractivity contribution < 1.29 is 14.3 Å². The molecule has 7 nitrogen and oxygen atoms in total. The Bertz CT molecular complexity index is 1030. The Morgan fingerprint density at radius 3 is 2.44 bits per heavy atom. The van der Waals surface area contributed by atoms with Crippen molar-refractivity contribution in [2.75, 3.05) is 33.9 Å². The first kappa shape index (κ1) is 23.3. The van der Waals surface area contributed by atoms with Crippen LogP contribution in [0.2, 0.25) is 0 Å². The van der Waals surface area contributed by atoms with Gasteiger partial charge in [-0.1, -0.05) is 25.1 Å².